The number of ether oxygens (including phenoxy) is 3. The zero-order valence-corrected chi connectivity index (χ0v) is 21.4. The number of methoxy groups -OCH3 is 2. The second-order valence-corrected chi connectivity index (χ2v) is 8.76. The Bertz CT molecular complexity index is 1500. The molecule has 0 spiro atoms. The SMILES string of the molecule is COc1cccc(OC)c1/C(O)=C1\C(=O)C(=O)N(c2ccc(OCc3ccccc3)cc2)C1c1cccnc1. The first-order valence-electron chi connectivity index (χ1n) is 12.2. The summed E-state index contributed by atoms with van der Waals surface area (Å²) in [4.78, 5) is 32.5. The molecule has 1 aliphatic heterocycles. The van der Waals surface area contributed by atoms with Gasteiger partial charge in [-0.05, 0) is 53.6 Å². The number of ketones is 1. The summed E-state index contributed by atoms with van der Waals surface area (Å²) in [5.74, 6) is -0.820. The number of rotatable bonds is 8. The fourth-order valence-electron chi connectivity index (χ4n) is 4.62. The predicted molar refractivity (Wildman–Crippen MR) is 146 cm³/mol. The van der Waals surface area contributed by atoms with E-state index >= 15 is 0 Å². The molecule has 8 nitrogen and oxygen atoms in total. The number of Topliss-reactive ketones (excluding diaryl/α,β-unsaturated/α-hetero) is 1. The van der Waals surface area contributed by atoms with Crippen LogP contribution in [0.2, 0.25) is 0 Å². The van der Waals surface area contributed by atoms with Crippen molar-refractivity contribution in [2.45, 2.75) is 12.6 Å². The molecule has 0 bridgehead atoms. The van der Waals surface area contributed by atoms with Crippen LogP contribution in [0.15, 0.2) is 103 Å². The number of benzene rings is 3. The van der Waals surface area contributed by atoms with Crippen LogP contribution in [0.5, 0.6) is 17.2 Å². The molecule has 39 heavy (non-hydrogen) atoms. The molecular weight excluding hydrogens is 496 g/mol. The molecule has 1 amide bonds. The van der Waals surface area contributed by atoms with Gasteiger partial charge in [0.2, 0.25) is 0 Å². The lowest BCUT2D eigenvalue weighted by molar-refractivity contribution is -0.132. The fraction of sp³-hybridized carbons (Fsp3) is 0.129. The highest BCUT2D eigenvalue weighted by Gasteiger charge is 2.47. The van der Waals surface area contributed by atoms with Gasteiger partial charge in [-0.3, -0.25) is 19.5 Å². The second-order valence-electron chi connectivity index (χ2n) is 8.76. The van der Waals surface area contributed by atoms with E-state index in [1.807, 2.05) is 30.3 Å². The van der Waals surface area contributed by atoms with E-state index in [1.54, 1.807) is 67.0 Å². The molecule has 1 N–H and O–H groups in total. The molecule has 1 saturated heterocycles. The number of aliphatic hydroxyl groups is 1. The van der Waals surface area contributed by atoms with Gasteiger partial charge in [-0.25, -0.2) is 0 Å². The van der Waals surface area contributed by atoms with Crippen LogP contribution in [0.1, 0.15) is 22.7 Å². The highest BCUT2D eigenvalue weighted by atomic mass is 16.5. The number of aliphatic hydroxyl groups excluding tert-OH is 1. The minimum atomic E-state index is -0.940. The topological polar surface area (TPSA) is 98.2 Å². The van der Waals surface area contributed by atoms with Crippen LogP contribution >= 0.6 is 0 Å². The van der Waals surface area contributed by atoms with Crippen molar-refractivity contribution in [3.8, 4) is 17.2 Å². The Hall–Kier alpha value is -5.11. The summed E-state index contributed by atoms with van der Waals surface area (Å²) in [6.45, 7) is 0.390. The zero-order chi connectivity index (χ0) is 27.4. The van der Waals surface area contributed by atoms with Gasteiger partial charge in [-0.2, -0.15) is 0 Å². The van der Waals surface area contributed by atoms with E-state index in [9.17, 15) is 14.7 Å². The highest BCUT2D eigenvalue weighted by molar-refractivity contribution is 6.51. The number of carbonyl (C=O) groups excluding carboxylic acids is 2. The highest BCUT2D eigenvalue weighted by Crippen LogP contribution is 2.45. The molecule has 0 saturated carbocycles. The van der Waals surface area contributed by atoms with Crippen molar-refractivity contribution in [3.63, 3.8) is 0 Å². The summed E-state index contributed by atoms with van der Waals surface area (Å²) in [6.07, 6.45) is 3.16. The number of amides is 1. The minimum Gasteiger partial charge on any atom is -0.506 e. The number of hydrogen-bond donors (Lipinski definition) is 1. The summed E-state index contributed by atoms with van der Waals surface area (Å²) in [7, 11) is 2.90. The first kappa shape index (κ1) is 25.5. The van der Waals surface area contributed by atoms with Crippen LogP contribution in [-0.4, -0.2) is 36.0 Å². The van der Waals surface area contributed by atoms with E-state index in [1.165, 1.54) is 19.1 Å². The predicted octanol–water partition coefficient (Wildman–Crippen LogP) is 5.30. The molecule has 3 aromatic carbocycles. The van der Waals surface area contributed by atoms with Gasteiger partial charge in [-0.1, -0.05) is 42.5 Å². The van der Waals surface area contributed by atoms with E-state index in [2.05, 4.69) is 4.98 Å². The van der Waals surface area contributed by atoms with Gasteiger partial charge in [0.25, 0.3) is 11.7 Å². The number of aromatic nitrogens is 1. The van der Waals surface area contributed by atoms with Crippen molar-refractivity contribution < 1.29 is 28.9 Å². The van der Waals surface area contributed by atoms with Crippen LogP contribution < -0.4 is 19.1 Å². The Labute approximate surface area is 225 Å². The number of pyridine rings is 1. The summed E-state index contributed by atoms with van der Waals surface area (Å²) < 4.78 is 16.8. The number of hydrogen-bond acceptors (Lipinski definition) is 7. The fourth-order valence-corrected chi connectivity index (χ4v) is 4.62. The first-order chi connectivity index (χ1) is 19.0. The van der Waals surface area contributed by atoms with Gasteiger partial charge >= 0.3 is 0 Å². The van der Waals surface area contributed by atoms with Gasteiger partial charge < -0.3 is 19.3 Å². The molecule has 0 aliphatic carbocycles. The Balaban J connectivity index is 1.57. The molecule has 0 radical (unpaired) electrons. The van der Waals surface area contributed by atoms with E-state index in [0.717, 1.165) is 5.56 Å². The number of nitrogens with zero attached hydrogens (tertiary/aromatic N) is 2. The average molecular weight is 523 g/mol. The lowest BCUT2D eigenvalue weighted by Crippen LogP contribution is -2.29. The Kier molecular flexibility index (Phi) is 7.27. The van der Waals surface area contributed by atoms with Crippen molar-refractivity contribution in [2.24, 2.45) is 0 Å². The van der Waals surface area contributed by atoms with Crippen LogP contribution in [0.25, 0.3) is 5.76 Å². The minimum absolute atomic E-state index is 0.0970. The molecule has 196 valence electrons. The van der Waals surface area contributed by atoms with Crippen molar-refractivity contribution in [1.29, 1.82) is 0 Å². The zero-order valence-electron chi connectivity index (χ0n) is 21.4. The molecule has 1 fully saturated rings. The summed E-state index contributed by atoms with van der Waals surface area (Å²) >= 11 is 0. The van der Waals surface area contributed by atoms with Gasteiger partial charge in [0.05, 0.1) is 25.8 Å². The first-order valence-corrected chi connectivity index (χ1v) is 12.2. The third kappa shape index (κ3) is 4.92. The molecule has 1 aromatic heterocycles. The maximum atomic E-state index is 13.5. The Morgan fingerprint density at radius 3 is 2.18 bits per heavy atom. The van der Waals surface area contributed by atoms with E-state index in [4.69, 9.17) is 14.2 Å². The smallest absolute Gasteiger partial charge is 0.300 e. The second kappa shape index (κ2) is 11.1. The monoisotopic (exact) mass is 522 g/mol. The van der Waals surface area contributed by atoms with Gasteiger partial charge in [-0.15, -0.1) is 0 Å². The van der Waals surface area contributed by atoms with Gasteiger partial charge in [0.15, 0.2) is 0 Å². The molecule has 1 aliphatic rings. The van der Waals surface area contributed by atoms with Crippen LogP contribution in [0.4, 0.5) is 5.69 Å². The average Bonchev–Trinajstić information content (AvgIpc) is 3.26. The lowest BCUT2D eigenvalue weighted by atomic mass is 9.95. The van der Waals surface area contributed by atoms with Crippen molar-refractivity contribution in [1.82, 2.24) is 4.98 Å². The van der Waals surface area contributed by atoms with Gasteiger partial charge in [0.1, 0.15) is 35.2 Å². The summed E-state index contributed by atoms with van der Waals surface area (Å²) in [5.41, 5.74) is 2.12. The third-order valence-electron chi connectivity index (χ3n) is 6.47. The van der Waals surface area contributed by atoms with Crippen LogP contribution in [-0.2, 0) is 16.2 Å². The summed E-state index contributed by atoms with van der Waals surface area (Å²) in [5, 5.41) is 11.5. The normalized spacial score (nSPS) is 16.3. The molecule has 5 rings (SSSR count). The Morgan fingerprint density at radius 2 is 1.56 bits per heavy atom. The number of anilines is 1. The van der Waals surface area contributed by atoms with E-state index in [0.29, 0.717) is 35.1 Å². The van der Waals surface area contributed by atoms with E-state index < -0.39 is 23.5 Å². The molecule has 1 unspecified atom stereocenters. The maximum Gasteiger partial charge on any atom is 0.300 e. The standard InChI is InChI=1S/C31H26N2O6/c1-37-24-11-6-12-25(38-2)26(24)29(34)27-28(21-10-7-17-32-18-21)33(31(36)30(27)35)22-13-15-23(16-14-22)39-19-20-8-4-3-5-9-20/h3-18,28,34H,19H2,1-2H3/b29-27+. The lowest BCUT2D eigenvalue weighted by Gasteiger charge is -2.25. The third-order valence-corrected chi connectivity index (χ3v) is 6.47. The Morgan fingerprint density at radius 1 is 0.872 bits per heavy atom. The van der Waals surface area contributed by atoms with Crippen LogP contribution in [0, 0.1) is 0 Å². The van der Waals surface area contributed by atoms with Crippen molar-refractivity contribution in [2.75, 3.05) is 19.1 Å². The maximum absolute atomic E-state index is 13.5. The summed E-state index contributed by atoms with van der Waals surface area (Å²) in [6, 6.07) is 24.2. The van der Waals surface area contributed by atoms with E-state index in [-0.39, 0.29) is 11.1 Å². The quantitative estimate of drug-likeness (QED) is 0.190. The largest absolute Gasteiger partial charge is 0.506 e. The molecule has 8 heteroatoms. The molecule has 4 aromatic rings. The van der Waals surface area contributed by atoms with Crippen molar-refractivity contribution in [3.05, 3.63) is 120 Å². The van der Waals surface area contributed by atoms with Gasteiger partial charge in [0, 0.05) is 18.1 Å². The van der Waals surface area contributed by atoms with Crippen molar-refractivity contribution >= 4 is 23.1 Å². The van der Waals surface area contributed by atoms with Crippen LogP contribution in [0.3, 0.4) is 0 Å². The molecular formula is C31H26N2O6. The molecule has 2 heterocycles. The number of carbonyl (C=O) groups is 2. The molecule has 1 atom stereocenters.